The largest absolute Gasteiger partial charge is 0.378 e. The molecule has 0 aromatic carbocycles. The van der Waals surface area contributed by atoms with Crippen molar-refractivity contribution < 1.29 is 19.0 Å². The van der Waals surface area contributed by atoms with Crippen LogP contribution in [0.2, 0.25) is 0 Å². The van der Waals surface area contributed by atoms with Crippen molar-refractivity contribution in [1.29, 1.82) is 0 Å². The highest BCUT2D eigenvalue weighted by Gasteiger charge is 2.71. The van der Waals surface area contributed by atoms with Crippen molar-refractivity contribution in [1.82, 2.24) is 0 Å². The summed E-state index contributed by atoms with van der Waals surface area (Å²) in [5.41, 5.74) is -0.212. The van der Waals surface area contributed by atoms with Gasteiger partial charge in [0.05, 0.1) is 19.3 Å². The zero-order valence-electron chi connectivity index (χ0n) is 8.53. The molecule has 0 N–H and O–H groups in total. The van der Waals surface area contributed by atoms with Crippen LogP contribution < -0.4 is 0 Å². The van der Waals surface area contributed by atoms with E-state index in [-0.39, 0.29) is 29.0 Å². The molecule has 4 fully saturated rings. The number of ketones is 1. The molecule has 0 radical (unpaired) electrons. The second-order valence-electron chi connectivity index (χ2n) is 5.25. The molecule has 4 nitrogen and oxygen atoms in total. The summed E-state index contributed by atoms with van der Waals surface area (Å²) in [5.74, 6) is 0.223. The minimum absolute atomic E-state index is 0.0556. The Bertz CT molecular complexity index is 339. The van der Waals surface area contributed by atoms with Crippen LogP contribution in [0.15, 0.2) is 0 Å². The van der Waals surface area contributed by atoms with Crippen LogP contribution in [0, 0.1) is 5.41 Å². The average molecular weight is 210 g/mol. The molecule has 2 unspecified atom stereocenters. The van der Waals surface area contributed by atoms with Gasteiger partial charge in [0.15, 0.2) is 5.78 Å². The second-order valence-corrected chi connectivity index (χ2v) is 5.25. The van der Waals surface area contributed by atoms with Gasteiger partial charge in [0.25, 0.3) is 0 Å². The highest BCUT2D eigenvalue weighted by molar-refractivity contribution is 5.85. The van der Waals surface area contributed by atoms with E-state index >= 15 is 0 Å². The van der Waals surface area contributed by atoms with Crippen molar-refractivity contribution >= 4 is 5.78 Å². The van der Waals surface area contributed by atoms with Gasteiger partial charge >= 0.3 is 0 Å². The Balaban J connectivity index is 1.88. The summed E-state index contributed by atoms with van der Waals surface area (Å²) in [6.45, 7) is 2.11. The third kappa shape index (κ3) is 0.799. The quantitative estimate of drug-likeness (QED) is 0.576. The summed E-state index contributed by atoms with van der Waals surface area (Å²) < 4.78 is 17.3. The summed E-state index contributed by atoms with van der Waals surface area (Å²) in [6.07, 6.45) is 2.13. The van der Waals surface area contributed by atoms with Gasteiger partial charge < -0.3 is 14.2 Å². The highest BCUT2D eigenvalue weighted by atomic mass is 16.6. The fourth-order valence-electron chi connectivity index (χ4n) is 3.86. The molecule has 4 saturated heterocycles. The maximum atomic E-state index is 11.8. The van der Waals surface area contributed by atoms with Crippen LogP contribution in [0.5, 0.6) is 0 Å². The molecular formula is C11H14O4. The normalized spacial score (nSPS) is 56.9. The first-order chi connectivity index (χ1) is 7.26. The summed E-state index contributed by atoms with van der Waals surface area (Å²) in [6, 6.07) is 0. The molecule has 15 heavy (non-hydrogen) atoms. The summed E-state index contributed by atoms with van der Waals surface area (Å²) in [5, 5.41) is 0. The lowest BCUT2D eigenvalue weighted by atomic mass is 9.68. The zero-order valence-corrected chi connectivity index (χ0v) is 8.53. The van der Waals surface area contributed by atoms with Gasteiger partial charge in [-0.3, -0.25) is 4.79 Å². The topological polar surface area (TPSA) is 44.8 Å². The number of hydrogen-bond donors (Lipinski definition) is 0. The van der Waals surface area contributed by atoms with Gasteiger partial charge in [-0.15, -0.1) is 0 Å². The summed E-state index contributed by atoms with van der Waals surface area (Å²) in [4.78, 5) is 11.8. The van der Waals surface area contributed by atoms with Crippen LogP contribution in [0.1, 0.15) is 19.3 Å². The maximum absolute atomic E-state index is 11.8. The van der Waals surface area contributed by atoms with Gasteiger partial charge in [-0.05, 0) is 12.8 Å². The number of ether oxygens (including phenoxy) is 3. The molecule has 0 aromatic rings. The zero-order chi connectivity index (χ0) is 10.1. The van der Waals surface area contributed by atoms with Crippen molar-refractivity contribution in [2.45, 2.75) is 37.1 Å². The Morgan fingerprint density at radius 1 is 1.33 bits per heavy atom. The van der Waals surface area contributed by atoms with E-state index in [0.29, 0.717) is 13.0 Å². The molecule has 4 aliphatic rings. The van der Waals surface area contributed by atoms with Crippen molar-refractivity contribution in [2.75, 3.05) is 19.8 Å². The first kappa shape index (κ1) is 8.67. The van der Waals surface area contributed by atoms with Gasteiger partial charge in [-0.1, -0.05) is 0 Å². The fraction of sp³-hybridized carbons (Fsp3) is 0.909. The Hall–Kier alpha value is -0.450. The maximum Gasteiger partial charge on any atom is 0.164 e. The van der Waals surface area contributed by atoms with Gasteiger partial charge in [0.2, 0.25) is 0 Å². The molecule has 0 aliphatic carbocycles. The van der Waals surface area contributed by atoms with E-state index in [1.54, 1.807) is 0 Å². The Morgan fingerprint density at radius 3 is 3.20 bits per heavy atom. The monoisotopic (exact) mass is 210 g/mol. The molecule has 4 rings (SSSR count). The number of fused-ring (bicyclic) bond motifs is 1. The Labute approximate surface area is 87.9 Å². The molecule has 0 aromatic heterocycles. The minimum atomic E-state index is -0.288. The van der Waals surface area contributed by atoms with Crippen LogP contribution >= 0.6 is 0 Å². The fourth-order valence-corrected chi connectivity index (χ4v) is 3.86. The van der Waals surface area contributed by atoms with Crippen molar-refractivity contribution in [3.63, 3.8) is 0 Å². The van der Waals surface area contributed by atoms with Crippen molar-refractivity contribution in [3.05, 3.63) is 0 Å². The first-order valence-corrected chi connectivity index (χ1v) is 5.66. The number of Topliss-reactive ketones (excluding diaryl/α,β-unsaturated/α-hetero) is 1. The van der Waals surface area contributed by atoms with E-state index in [4.69, 9.17) is 14.2 Å². The van der Waals surface area contributed by atoms with E-state index in [1.165, 1.54) is 0 Å². The SMILES string of the molecule is O=C1C[C@@H]2OCC[C@@]34COCC23OC1C4. The number of rotatable bonds is 0. The lowest BCUT2D eigenvalue weighted by Gasteiger charge is -2.47. The van der Waals surface area contributed by atoms with Crippen molar-refractivity contribution in [3.8, 4) is 0 Å². The Kier molecular flexibility index (Phi) is 1.41. The summed E-state index contributed by atoms with van der Waals surface area (Å²) in [7, 11) is 0. The molecule has 82 valence electrons. The Morgan fingerprint density at radius 2 is 2.27 bits per heavy atom. The molecule has 0 amide bonds. The van der Waals surface area contributed by atoms with E-state index in [1.807, 2.05) is 0 Å². The van der Waals surface area contributed by atoms with E-state index < -0.39 is 0 Å². The average Bonchev–Trinajstić information content (AvgIpc) is 2.69. The summed E-state index contributed by atoms with van der Waals surface area (Å²) >= 11 is 0. The predicted octanol–water partition coefficient (Wildman–Crippen LogP) is 0.292. The van der Waals surface area contributed by atoms with Crippen LogP contribution in [0.25, 0.3) is 0 Å². The second kappa shape index (κ2) is 2.44. The smallest absolute Gasteiger partial charge is 0.164 e. The lowest BCUT2D eigenvalue weighted by Crippen LogP contribution is -2.60. The number of carbonyl (C=O) groups is 1. The van der Waals surface area contributed by atoms with Gasteiger partial charge in [0.1, 0.15) is 11.7 Å². The van der Waals surface area contributed by atoms with E-state index in [0.717, 1.165) is 26.1 Å². The molecule has 1 spiro atoms. The van der Waals surface area contributed by atoms with E-state index in [9.17, 15) is 4.79 Å². The van der Waals surface area contributed by atoms with Gasteiger partial charge in [0, 0.05) is 18.4 Å². The molecule has 4 heterocycles. The molecule has 4 heteroatoms. The number of carbonyl (C=O) groups excluding carboxylic acids is 1. The van der Waals surface area contributed by atoms with E-state index in [2.05, 4.69) is 0 Å². The molecule has 2 bridgehead atoms. The molecule has 0 saturated carbocycles. The highest BCUT2D eigenvalue weighted by Crippen LogP contribution is 2.60. The molecular weight excluding hydrogens is 196 g/mol. The lowest BCUT2D eigenvalue weighted by molar-refractivity contribution is -0.213. The molecule has 4 atom stereocenters. The van der Waals surface area contributed by atoms with Crippen LogP contribution in [-0.2, 0) is 19.0 Å². The van der Waals surface area contributed by atoms with Gasteiger partial charge in [-0.2, -0.15) is 0 Å². The third-order valence-corrected chi connectivity index (χ3v) is 4.69. The van der Waals surface area contributed by atoms with Crippen molar-refractivity contribution in [2.24, 2.45) is 5.41 Å². The van der Waals surface area contributed by atoms with Crippen LogP contribution in [0.4, 0.5) is 0 Å². The minimum Gasteiger partial charge on any atom is -0.378 e. The predicted molar refractivity (Wildman–Crippen MR) is 49.5 cm³/mol. The van der Waals surface area contributed by atoms with Gasteiger partial charge in [-0.25, -0.2) is 0 Å². The molecule has 4 aliphatic heterocycles. The first-order valence-electron chi connectivity index (χ1n) is 5.66. The number of hydrogen-bond acceptors (Lipinski definition) is 4. The van der Waals surface area contributed by atoms with Crippen LogP contribution in [0.3, 0.4) is 0 Å². The third-order valence-electron chi connectivity index (χ3n) is 4.69. The van der Waals surface area contributed by atoms with Crippen LogP contribution in [-0.4, -0.2) is 43.4 Å². The standard InChI is InChI=1S/C11H14O4/c12-7-3-9-11-6-13-5-10(11,1-2-14-9)4-8(7)15-11/h8-9H,1-6H2/t8?,9-,10+,11?/m0/s1.